The number of nitrogens with zero attached hydrogens (tertiary/aromatic N) is 1. The molecule has 0 spiro atoms. The van der Waals surface area contributed by atoms with E-state index < -0.39 is 21.1 Å². The van der Waals surface area contributed by atoms with Crippen LogP contribution in [-0.2, 0) is 9.59 Å². The zero-order valence-corrected chi connectivity index (χ0v) is 17.5. The van der Waals surface area contributed by atoms with Gasteiger partial charge in [0.2, 0.25) is 5.91 Å². The van der Waals surface area contributed by atoms with E-state index in [0.29, 0.717) is 6.42 Å². The minimum atomic E-state index is -0.759. The normalized spacial score (nSPS) is 31.1. The lowest BCUT2D eigenvalue weighted by atomic mass is 9.64. The second-order valence-electron chi connectivity index (χ2n) is 8.47. The molecule has 0 heterocycles. The molecule has 4 rings (SSSR count). The number of benzene rings is 2. The van der Waals surface area contributed by atoms with Crippen molar-refractivity contribution in [3.63, 3.8) is 0 Å². The molecular formula is C23H24BrNO2. The molecule has 2 aliphatic carbocycles. The number of para-hydroxylation sites is 2. The SMILES string of the molecule is CC12CCC(C(=O)N(c3ccccc3)c3ccccc3)(C(Br)C1=O)C2(C)C. The lowest BCUT2D eigenvalue weighted by Crippen LogP contribution is -2.51. The zero-order chi connectivity index (χ0) is 19.4. The number of rotatable bonds is 3. The molecular weight excluding hydrogens is 402 g/mol. The lowest BCUT2D eigenvalue weighted by molar-refractivity contribution is -0.132. The highest BCUT2D eigenvalue weighted by Crippen LogP contribution is 2.72. The standard InChI is InChI=1S/C23H24BrNO2/c1-21(2)22(3)14-15-23(21,18(24)19(22)26)20(27)25(16-10-6-4-7-11-16)17-12-8-5-9-13-17/h4-13,18H,14-15H2,1-3H3. The van der Waals surface area contributed by atoms with Gasteiger partial charge in [0.15, 0.2) is 5.78 Å². The van der Waals surface area contributed by atoms with Crippen LogP contribution in [-0.4, -0.2) is 16.5 Å². The van der Waals surface area contributed by atoms with Crippen LogP contribution in [0.15, 0.2) is 60.7 Å². The molecule has 0 radical (unpaired) electrons. The zero-order valence-electron chi connectivity index (χ0n) is 15.9. The van der Waals surface area contributed by atoms with Crippen molar-refractivity contribution in [3.05, 3.63) is 60.7 Å². The Morgan fingerprint density at radius 2 is 1.41 bits per heavy atom. The van der Waals surface area contributed by atoms with Gasteiger partial charge in [-0.1, -0.05) is 73.1 Å². The molecule has 0 saturated heterocycles. The van der Waals surface area contributed by atoms with E-state index >= 15 is 0 Å². The third-order valence-electron chi connectivity index (χ3n) is 7.33. The molecule has 1 amide bonds. The smallest absolute Gasteiger partial charge is 0.239 e. The monoisotopic (exact) mass is 425 g/mol. The van der Waals surface area contributed by atoms with Gasteiger partial charge in [0, 0.05) is 16.8 Å². The molecule has 2 aromatic carbocycles. The van der Waals surface area contributed by atoms with Crippen LogP contribution < -0.4 is 4.90 Å². The summed E-state index contributed by atoms with van der Waals surface area (Å²) in [6, 6.07) is 19.4. The Hall–Kier alpha value is -1.94. The van der Waals surface area contributed by atoms with Crippen molar-refractivity contribution in [2.45, 2.75) is 38.4 Å². The van der Waals surface area contributed by atoms with E-state index in [1.165, 1.54) is 0 Å². The summed E-state index contributed by atoms with van der Waals surface area (Å²) in [5.74, 6) is 0.162. The first-order valence-electron chi connectivity index (χ1n) is 9.40. The first-order chi connectivity index (χ1) is 12.8. The molecule has 2 aliphatic rings. The van der Waals surface area contributed by atoms with Crippen LogP contribution in [0.4, 0.5) is 11.4 Å². The number of halogens is 1. The molecule has 2 fully saturated rings. The summed E-state index contributed by atoms with van der Waals surface area (Å²) < 4.78 is 0. The highest BCUT2D eigenvalue weighted by atomic mass is 79.9. The van der Waals surface area contributed by atoms with Gasteiger partial charge in [-0.05, 0) is 42.5 Å². The van der Waals surface area contributed by atoms with E-state index in [2.05, 4.69) is 29.8 Å². The van der Waals surface area contributed by atoms with Crippen LogP contribution in [0.5, 0.6) is 0 Å². The van der Waals surface area contributed by atoms with E-state index in [1.807, 2.05) is 67.6 Å². The molecule has 27 heavy (non-hydrogen) atoms. The van der Waals surface area contributed by atoms with Crippen molar-refractivity contribution < 1.29 is 9.59 Å². The van der Waals surface area contributed by atoms with Crippen molar-refractivity contribution in [2.24, 2.45) is 16.2 Å². The highest BCUT2D eigenvalue weighted by Gasteiger charge is 2.77. The molecule has 3 unspecified atom stereocenters. The van der Waals surface area contributed by atoms with Crippen molar-refractivity contribution in [2.75, 3.05) is 4.90 Å². The Kier molecular flexibility index (Phi) is 4.12. The molecule has 2 aromatic rings. The topological polar surface area (TPSA) is 37.4 Å². The van der Waals surface area contributed by atoms with Crippen LogP contribution in [0.1, 0.15) is 33.6 Å². The highest BCUT2D eigenvalue weighted by molar-refractivity contribution is 9.10. The van der Waals surface area contributed by atoms with Crippen LogP contribution in [0.2, 0.25) is 0 Å². The van der Waals surface area contributed by atoms with Gasteiger partial charge in [-0.25, -0.2) is 0 Å². The van der Waals surface area contributed by atoms with E-state index in [0.717, 1.165) is 17.8 Å². The van der Waals surface area contributed by atoms with Crippen molar-refractivity contribution in [3.8, 4) is 0 Å². The molecule has 0 N–H and O–H groups in total. The minimum absolute atomic E-state index is 0.00125. The van der Waals surface area contributed by atoms with Crippen molar-refractivity contribution in [1.29, 1.82) is 0 Å². The molecule has 2 saturated carbocycles. The summed E-state index contributed by atoms with van der Waals surface area (Å²) >= 11 is 3.65. The molecule has 0 aliphatic heterocycles. The fraction of sp³-hybridized carbons (Fsp3) is 0.391. The number of alkyl halides is 1. The molecule has 140 valence electrons. The number of carbonyl (C=O) groups is 2. The number of amides is 1. The van der Waals surface area contributed by atoms with Crippen LogP contribution in [0.25, 0.3) is 0 Å². The van der Waals surface area contributed by atoms with Crippen molar-refractivity contribution in [1.82, 2.24) is 0 Å². The van der Waals surface area contributed by atoms with Gasteiger partial charge in [-0.15, -0.1) is 0 Å². The fourth-order valence-electron chi connectivity index (χ4n) is 5.16. The Bertz CT molecular complexity index is 856. The Morgan fingerprint density at radius 3 is 1.81 bits per heavy atom. The lowest BCUT2D eigenvalue weighted by Gasteiger charge is -2.42. The summed E-state index contributed by atoms with van der Waals surface area (Å²) in [4.78, 5) is 28.6. The van der Waals surface area contributed by atoms with Gasteiger partial charge in [0.25, 0.3) is 0 Å². The van der Waals surface area contributed by atoms with E-state index in [1.54, 1.807) is 4.90 Å². The number of ketones is 1. The predicted molar refractivity (Wildman–Crippen MR) is 111 cm³/mol. The van der Waals surface area contributed by atoms with Crippen LogP contribution in [0, 0.1) is 16.2 Å². The molecule has 4 heteroatoms. The summed E-state index contributed by atoms with van der Waals surface area (Å²) in [6.45, 7) is 6.21. The van der Waals surface area contributed by atoms with E-state index in [-0.39, 0.29) is 11.7 Å². The Labute approximate surface area is 168 Å². The number of carbonyl (C=O) groups excluding carboxylic acids is 2. The number of anilines is 2. The third kappa shape index (κ3) is 2.19. The first kappa shape index (κ1) is 18.4. The maximum Gasteiger partial charge on any atom is 0.239 e. The number of hydrogen-bond donors (Lipinski definition) is 0. The Balaban J connectivity index is 1.90. The maximum absolute atomic E-state index is 14.2. The summed E-state index contributed by atoms with van der Waals surface area (Å²) in [7, 11) is 0. The summed E-state index contributed by atoms with van der Waals surface area (Å²) in [5, 5.41) is 0. The average Bonchev–Trinajstić information content (AvgIpc) is 2.95. The number of Topliss-reactive ketones (excluding diaryl/α,β-unsaturated/α-hetero) is 1. The van der Waals surface area contributed by atoms with Gasteiger partial charge in [-0.3, -0.25) is 14.5 Å². The third-order valence-corrected chi connectivity index (χ3v) is 8.53. The maximum atomic E-state index is 14.2. The molecule has 2 bridgehead atoms. The van der Waals surface area contributed by atoms with Gasteiger partial charge in [0.05, 0.1) is 10.2 Å². The molecule has 0 aromatic heterocycles. The summed E-state index contributed by atoms with van der Waals surface area (Å²) in [6.07, 6.45) is 1.47. The fourth-order valence-corrected chi connectivity index (χ4v) is 6.66. The van der Waals surface area contributed by atoms with E-state index in [9.17, 15) is 9.59 Å². The largest absolute Gasteiger partial charge is 0.298 e. The van der Waals surface area contributed by atoms with Gasteiger partial charge in [0.1, 0.15) is 0 Å². The first-order valence-corrected chi connectivity index (χ1v) is 10.3. The second kappa shape index (κ2) is 6.03. The number of fused-ring (bicyclic) bond motifs is 2. The van der Waals surface area contributed by atoms with Gasteiger partial charge >= 0.3 is 0 Å². The molecule has 3 atom stereocenters. The van der Waals surface area contributed by atoms with E-state index in [4.69, 9.17) is 0 Å². The van der Waals surface area contributed by atoms with Crippen LogP contribution in [0.3, 0.4) is 0 Å². The number of hydrogen-bond acceptors (Lipinski definition) is 2. The molecule has 3 nitrogen and oxygen atoms in total. The Morgan fingerprint density at radius 1 is 0.926 bits per heavy atom. The quantitative estimate of drug-likeness (QED) is 0.607. The summed E-state index contributed by atoms with van der Waals surface area (Å²) in [5.41, 5.74) is -0.0112. The average molecular weight is 426 g/mol. The van der Waals surface area contributed by atoms with Crippen LogP contribution >= 0.6 is 15.9 Å². The van der Waals surface area contributed by atoms with Gasteiger partial charge in [-0.2, -0.15) is 0 Å². The second-order valence-corrected chi connectivity index (χ2v) is 9.38. The van der Waals surface area contributed by atoms with Crippen molar-refractivity contribution >= 4 is 39.0 Å². The predicted octanol–water partition coefficient (Wildman–Crippen LogP) is 5.51. The minimum Gasteiger partial charge on any atom is -0.298 e. The van der Waals surface area contributed by atoms with Gasteiger partial charge < -0.3 is 0 Å².